The van der Waals surface area contributed by atoms with E-state index in [1.807, 2.05) is 26.0 Å². The maximum atomic E-state index is 12.1. The van der Waals surface area contributed by atoms with Crippen molar-refractivity contribution in [1.29, 1.82) is 0 Å². The van der Waals surface area contributed by atoms with Gasteiger partial charge in [-0.2, -0.15) is 0 Å². The second-order valence-corrected chi connectivity index (χ2v) is 4.25. The van der Waals surface area contributed by atoms with Crippen LogP contribution in [-0.2, 0) is 0 Å². The Morgan fingerprint density at radius 3 is 1.93 bits per heavy atom. The van der Waals surface area contributed by atoms with Crippen LogP contribution >= 0.6 is 0 Å². The van der Waals surface area contributed by atoms with Gasteiger partial charge in [0, 0.05) is 11.5 Å². The number of rotatable bonds is 4. The van der Waals surface area contributed by atoms with Crippen LogP contribution in [0.2, 0.25) is 0 Å². The third-order valence-corrected chi connectivity index (χ3v) is 2.86. The molecule has 1 nitrogen and oxygen atoms in total. The average molecular weight is 204 g/mol. The van der Waals surface area contributed by atoms with Gasteiger partial charge in [-0.3, -0.25) is 4.79 Å². The number of hydrogen-bond donors (Lipinski definition) is 0. The third kappa shape index (κ3) is 2.92. The zero-order valence-electron chi connectivity index (χ0n) is 10.1. The average Bonchev–Trinajstić information content (AvgIpc) is 2.18. The number of hydrogen-bond acceptors (Lipinski definition) is 1. The molecule has 0 saturated carbocycles. The normalized spacial score (nSPS) is 10.7. The lowest BCUT2D eigenvalue weighted by atomic mass is 9.91. The molecular weight excluding hydrogens is 184 g/mol. The monoisotopic (exact) mass is 204 g/mol. The molecule has 0 aromatic heterocycles. The maximum absolute atomic E-state index is 12.1. The fourth-order valence-electron chi connectivity index (χ4n) is 2.01. The van der Waals surface area contributed by atoms with Crippen molar-refractivity contribution in [3.05, 3.63) is 34.9 Å². The van der Waals surface area contributed by atoms with E-state index < -0.39 is 0 Å². The van der Waals surface area contributed by atoms with Crippen LogP contribution in [0.25, 0.3) is 0 Å². The van der Waals surface area contributed by atoms with Gasteiger partial charge in [0.05, 0.1) is 0 Å². The predicted molar refractivity (Wildman–Crippen MR) is 64.3 cm³/mol. The number of benzene rings is 1. The summed E-state index contributed by atoms with van der Waals surface area (Å²) in [5.74, 6) is 0.484. The van der Waals surface area contributed by atoms with E-state index in [1.54, 1.807) is 0 Å². The Hall–Kier alpha value is -1.11. The largest absolute Gasteiger partial charge is 0.294 e. The fraction of sp³-hybridized carbons (Fsp3) is 0.500. The van der Waals surface area contributed by atoms with Crippen LogP contribution in [0.15, 0.2) is 18.2 Å². The van der Waals surface area contributed by atoms with Crippen molar-refractivity contribution in [3.8, 4) is 0 Å². The SMILES string of the molecule is CCC(CC)C(=O)c1cc(C)cc(C)c1. The minimum atomic E-state index is 0.186. The zero-order chi connectivity index (χ0) is 11.4. The number of Topliss-reactive ketones (excluding diaryl/α,β-unsaturated/α-hetero) is 1. The molecule has 0 spiro atoms. The Kier molecular flexibility index (Phi) is 4.07. The van der Waals surface area contributed by atoms with Crippen LogP contribution in [0.4, 0.5) is 0 Å². The molecule has 0 fully saturated rings. The van der Waals surface area contributed by atoms with Crippen LogP contribution < -0.4 is 0 Å². The molecule has 0 saturated heterocycles. The van der Waals surface area contributed by atoms with Crippen LogP contribution in [-0.4, -0.2) is 5.78 Å². The molecule has 0 aliphatic carbocycles. The Morgan fingerprint density at radius 2 is 1.53 bits per heavy atom. The highest BCUT2D eigenvalue weighted by atomic mass is 16.1. The van der Waals surface area contributed by atoms with E-state index in [2.05, 4.69) is 19.9 Å². The van der Waals surface area contributed by atoms with Crippen LogP contribution in [0.5, 0.6) is 0 Å². The molecule has 0 atom stereocenters. The van der Waals surface area contributed by atoms with E-state index in [1.165, 1.54) is 11.1 Å². The first-order chi connectivity index (χ1) is 7.08. The molecule has 0 bridgehead atoms. The number of carbonyl (C=O) groups is 1. The Bertz CT molecular complexity index is 328. The van der Waals surface area contributed by atoms with Crippen molar-refractivity contribution >= 4 is 5.78 Å². The van der Waals surface area contributed by atoms with Crippen molar-refractivity contribution in [2.24, 2.45) is 5.92 Å². The highest BCUT2D eigenvalue weighted by Gasteiger charge is 2.16. The summed E-state index contributed by atoms with van der Waals surface area (Å²) < 4.78 is 0. The smallest absolute Gasteiger partial charge is 0.165 e. The third-order valence-electron chi connectivity index (χ3n) is 2.86. The van der Waals surface area contributed by atoms with Crippen LogP contribution in [0.3, 0.4) is 0 Å². The maximum Gasteiger partial charge on any atom is 0.165 e. The van der Waals surface area contributed by atoms with Gasteiger partial charge in [-0.15, -0.1) is 0 Å². The summed E-state index contributed by atoms with van der Waals surface area (Å²) in [7, 11) is 0. The van der Waals surface area contributed by atoms with E-state index in [0.717, 1.165) is 18.4 Å². The Morgan fingerprint density at radius 1 is 1.07 bits per heavy atom. The minimum Gasteiger partial charge on any atom is -0.294 e. The van der Waals surface area contributed by atoms with Gasteiger partial charge in [-0.05, 0) is 38.8 Å². The molecule has 0 unspecified atom stereocenters. The molecule has 82 valence electrons. The molecule has 0 aliphatic rings. The number of aryl methyl sites for hydroxylation is 2. The lowest BCUT2D eigenvalue weighted by Crippen LogP contribution is -2.13. The molecule has 1 rings (SSSR count). The molecule has 1 aromatic carbocycles. The predicted octanol–water partition coefficient (Wildman–Crippen LogP) is 3.92. The highest BCUT2D eigenvalue weighted by molar-refractivity contribution is 5.98. The molecule has 0 aliphatic heterocycles. The zero-order valence-corrected chi connectivity index (χ0v) is 10.1. The van der Waals surface area contributed by atoms with Gasteiger partial charge in [0.25, 0.3) is 0 Å². The van der Waals surface area contributed by atoms with Gasteiger partial charge >= 0.3 is 0 Å². The number of carbonyl (C=O) groups excluding carboxylic acids is 1. The summed E-state index contributed by atoms with van der Waals surface area (Å²) >= 11 is 0. The standard InChI is InChI=1S/C14H20O/c1-5-12(6-2)14(15)13-8-10(3)7-11(4)9-13/h7-9,12H,5-6H2,1-4H3. The fourth-order valence-corrected chi connectivity index (χ4v) is 2.01. The van der Waals surface area contributed by atoms with Crippen LogP contribution in [0, 0.1) is 19.8 Å². The summed E-state index contributed by atoms with van der Waals surface area (Å²) in [6, 6.07) is 6.09. The van der Waals surface area contributed by atoms with Gasteiger partial charge < -0.3 is 0 Å². The molecule has 0 amide bonds. The summed E-state index contributed by atoms with van der Waals surface area (Å²) in [4.78, 5) is 12.1. The second-order valence-electron chi connectivity index (χ2n) is 4.25. The first-order valence-corrected chi connectivity index (χ1v) is 5.71. The first-order valence-electron chi connectivity index (χ1n) is 5.71. The van der Waals surface area contributed by atoms with Crippen molar-refractivity contribution in [2.45, 2.75) is 40.5 Å². The van der Waals surface area contributed by atoms with Gasteiger partial charge in [-0.1, -0.05) is 31.0 Å². The molecule has 0 radical (unpaired) electrons. The molecular formula is C14H20O. The Balaban J connectivity index is 3.00. The number of ketones is 1. The van der Waals surface area contributed by atoms with Crippen molar-refractivity contribution in [3.63, 3.8) is 0 Å². The molecule has 1 aromatic rings. The van der Waals surface area contributed by atoms with Crippen molar-refractivity contribution in [2.75, 3.05) is 0 Å². The first kappa shape index (κ1) is 12.0. The van der Waals surface area contributed by atoms with Gasteiger partial charge in [0.15, 0.2) is 5.78 Å². The van der Waals surface area contributed by atoms with E-state index in [0.29, 0.717) is 5.78 Å². The summed E-state index contributed by atoms with van der Waals surface area (Å²) in [5.41, 5.74) is 3.22. The van der Waals surface area contributed by atoms with Crippen molar-refractivity contribution in [1.82, 2.24) is 0 Å². The second kappa shape index (κ2) is 5.11. The quantitative estimate of drug-likeness (QED) is 0.679. The summed E-state index contributed by atoms with van der Waals surface area (Å²) in [6.07, 6.45) is 1.87. The van der Waals surface area contributed by atoms with E-state index >= 15 is 0 Å². The topological polar surface area (TPSA) is 17.1 Å². The molecule has 0 heterocycles. The highest BCUT2D eigenvalue weighted by Crippen LogP contribution is 2.18. The van der Waals surface area contributed by atoms with Crippen molar-refractivity contribution < 1.29 is 4.79 Å². The van der Waals surface area contributed by atoms with Gasteiger partial charge in [-0.25, -0.2) is 0 Å². The lowest BCUT2D eigenvalue weighted by Gasteiger charge is -2.12. The molecule has 15 heavy (non-hydrogen) atoms. The molecule has 0 N–H and O–H groups in total. The summed E-state index contributed by atoms with van der Waals surface area (Å²) in [6.45, 7) is 8.23. The summed E-state index contributed by atoms with van der Waals surface area (Å²) in [5, 5.41) is 0. The van der Waals surface area contributed by atoms with Gasteiger partial charge in [0.1, 0.15) is 0 Å². The minimum absolute atomic E-state index is 0.186. The van der Waals surface area contributed by atoms with Crippen LogP contribution in [0.1, 0.15) is 48.2 Å². The van der Waals surface area contributed by atoms with E-state index in [4.69, 9.17) is 0 Å². The van der Waals surface area contributed by atoms with Gasteiger partial charge in [0.2, 0.25) is 0 Å². The lowest BCUT2D eigenvalue weighted by molar-refractivity contribution is 0.0913. The Labute approximate surface area is 92.5 Å². The van der Waals surface area contributed by atoms with E-state index in [9.17, 15) is 4.79 Å². The van der Waals surface area contributed by atoms with E-state index in [-0.39, 0.29) is 5.92 Å². The molecule has 1 heteroatoms.